The lowest BCUT2D eigenvalue weighted by Crippen LogP contribution is -2.29. The Balaban J connectivity index is 1.75. The first-order valence-corrected chi connectivity index (χ1v) is 8.70. The quantitative estimate of drug-likeness (QED) is 0.754. The second-order valence-electron chi connectivity index (χ2n) is 6.41. The van der Waals surface area contributed by atoms with Gasteiger partial charge in [-0.3, -0.25) is 4.98 Å². The molecule has 6 nitrogen and oxygen atoms in total. The first kappa shape index (κ1) is 16.5. The molecule has 1 aliphatic carbocycles. The number of aromatic nitrogens is 3. The molecule has 2 aromatic heterocycles. The van der Waals surface area contributed by atoms with Gasteiger partial charge in [0, 0.05) is 40.9 Å². The van der Waals surface area contributed by atoms with Crippen LogP contribution < -0.4 is 15.8 Å². The van der Waals surface area contributed by atoms with E-state index in [1.807, 2.05) is 36.4 Å². The molecule has 1 aromatic carbocycles. The van der Waals surface area contributed by atoms with Crippen molar-refractivity contribution in [2.24, 2.45) is 5.73 Å². The number of benzene rings is 1. The molecule has 6 heteroatoms. The highest BCUT2D eigenvalue weighted by atomic mass is 16.5. The van der Waals surface area contributed by atoms with E-state index in [-0.39, 0.29) is 6.04 Å². The highest BCUT2D eigenvalue weighted by Crippen LogP contribution is 2.30. The van der Waals surface area contributed by atoms with Crippen LogP contribution in [0, 0.1) is 0 Å². The van der Waals surface area contributed by atoms with Gasteiger partial charge < -0.3 is 15.8 Å². The molecule has 3 N–H and O–H groups in total. The van der Waals surface area contributed by atoms with Gasteiger partial charge in [0.1, 0.15) is 11.6 Å². The van der Waals surface area contributed by atoms with Crippen molar-refractivity contribution < 1.29 is 4.74 Å². The molecular formula is C20H21N5O. The molecule has 1 unspecified atom stereocenters. The van der Waals surface area contributed by atoms with Crippen LogP contribution >= 0.6 is 0 Å². The monoisotopic (exact) mass is 347 g/mol. The molecule has 3 aromatic rings. The lowest BCUT2D eigenvalue weighted by atomic mass is 9.92. The summed E-state index contributed by atoms with van der Waals surface area (Å²) in [6.07, 6.45) is 6.11. The van der Waals surface area contributed by atoms with Gasteiger partial charge >= 0.3 is 0 Å². The summed E-state index contributed by atoms with van der Waals surface area (Å²) in [5, 5.41) is 3.44. The van der Waals surface area contributed by atoms with Crippen LogP contribution in [0.5, 0.6) is 5.75 Å². The maximum atomic E-state index is 6.19. The van der Waals surface area contributed by atoms with Crippen molar-refractivity contribution in [1.82, 2.24) is 15.0 Å². The van der Waals surface area contributed by atoms with Crippen molar-refractivity contribution in [3.63, 3.8) is 0 Å². The van der Waals surface area contributed by atoms with E-state index in [1.165, 1.54) is 0 Å². The minimum absolute atomic E-state index is 0.147. The molecule has 0 saturated carbocycles. The van der Waals surface area contributed by atoms with E-state index in [0.717, 1.165) is 53.3 Å². The Morgan fingerprint density at radius 2 is 1.85 bits per heavy atom. The van der Waals surface area contributed by atoms with Crippen LogP contribution in [0.3, 0.4) is 0 Å². The SMILES string of the molecule is COc1ccc(Nc2nc(-c3ccncc3)nc3c2CC(N)CC3)cc1. The van der Waals surface area contributed by atoms with Crippen LogP contribution in [-0.2, 0) is 12.8 Å². The summed E-state index contributed by atoms with van der Waals surface area (Å²) in [4.78, 5) is 13.7. The predicted octanol–water partition coefficient (Wildman–Crippen LogP) is 3.11. The van der Waals surface area contributed by atoms with Crippen molar-refractivity contribution in [3.8, 4) is 17.1 Å². The number of nitrogens with zero attached hydrogens (tertiary/aromatic N) is 3. The van der Waals surface area contributed by atoms with Gasteiger partial charge in [0.2, 0.25) is 0 Å². The average molecular weight is 347 g/mol. The first-order valence-electron chi connectivity index (χ1n) is 8.70. The molecule has 4 rings (SSSR count). The number of hydrogen-bond acceptors (Lipinski definition) is 6. The maximum Gasteiger partial charge on any atom is 0.161 e. The van der Waals surface area contributed by atoms with E-state index in [2.05, 4.69) is 10.3 Å². The van der Waals surface area contributed by atoms with E-state index in [4.69, 9.17) is 20.4 Å². The summed E-state index contributed by atoms with van der Waals surface area (Å²) in [6, 6.07) is 11.8. The topological polar surface area (TPSA) is 86.0 Å². The van der Waals surface area contributed by atoms with Crippen molar-refractivity contribution in [1.29, 1.82) is 0 Å². The Labute approximate surface area is 152 Å². The number of nitrogens with one attached hydrogen (secondary N) is 1. The Morgan fingerprint density at radius 1 is 1.08 bits per heavy atom. The molecule has 0 spiro atoms. The van der Waals surface area contributed by atoms with E-state index < -0.39 is 0 Å². The lowest BCUT2D eigenvalue weighted by Gasteiger charge is -2.24. The minimum Gasteiger partial charge on any atom is -0.497 e. The fourth-order valence-corrected chi connectivity index (χ4v) is 3.18. The van der Waals surface area contributed by atoms with Crippen molar-refractivity contribution in [2.45, 2.75) is 25.3 Å². The normalized spacial score (nSPS) is 16.0. The molecule has 26 heavy (non-hydrogen) atoms. The molecule has 0 amide bonds. The highest BCUT2D eigenvalue weighted by Gasteiger charge is 2.22. The van der Waals surface area contributed by atoms with Crippen LogP contribution in [0.15, 0.2) is 48.8 Å². The standard InChI is InChI=1S/C20H21N5O/c1-26-16-5-3-15(4-6-16)23-20-17-12-14(21)2-7-18(17)24-19(25-20)13-8-10-22-11-9-13/h3-6,8-11,14H,2,7,12,21H2,1H3,(H,23,24,25). The molecule has 0 radical (unpaired) electrons. The molecule has 0 bridgehead atoms. The Bertz CT molecular complexity index is 896. The van der Waals surface area contributed by atoms with Crippen LogP contribution in [0.2, 0.25) is 0 Å². The third-order valence-electron chi connectivity index (χ3n) is 4.60. The van der Waals surface area contributed by atoms with Gasteiger partial charge in [-0.05, 0) is 55.7 Å². The number of rotatable bonds is 4. The van der Waals surface area contributed by atoms with Crippen LogP contribution in [0.1, 0.15) is 17.7 Å². The summed E-state index contributed by atoms with van der Waals surface area (Å²) >= 11 is 0. The summed E-state index contributed by atoms with van der Waals surface area (Å²) in [5.41, 5.74) is 10.3. The number of anilines is 2. The minimum atomic E-state index is 0.147. The number of aryl methyl sites for hydroxylation is 1. The molecule has 1 atom stereocenters. The van der Waals surface area contributed by atoms with Crippen molar-refractivity contribution in [2.75, 3.05) is 12.4 Å². The van der Waals surface area contributed by atoms with Gasteiger partial charge in [-0.15, -0.1) is 0 Å². The smallest absolute Gasteiger partial charge is 0.161 e. The largest absolute Gasteiger partial charge is 0.497 e. The van der Waals surface area contributed by atoms with Gasteiger partial charge in [0.25, 0.3) is 0 Å². The van der Waals surface area contributed by atoms with Crippen LogP contribution in [0.25, 0.3) is 11.4 Å². The number of methoxy groups -OCH3 is 1. The fraction of sp³-hybridized carbons (Fsp3) is 0.250. The van der Waals surface area contributed by atoms with E-state index in [9.17, 15) is 0 Å². The van der Waals surface area contributed by atoms with Gasteiger partial charge in [-0.1, -0.05) is 0 Å². The zero-order chi connectivity index (χ0) is 17.9. The number of pyridine rings is 1. The molecule has 2 heterocycles. The van der Waals surface area contributed by atoms with Crippen LogP contribution in [-0.4, -0.2) is 28.1 Å². The lowest BCUT2D eigenvalue weighted by molar-refractivity contribution is 0.415. The number of ether oxygens (including phenoxy) is 1. The summed E-state index contributed by atoms with van der Waals surface area (Å²) in [7, 11) is 1.66. The van der Waals surface area contributed by atoms with E-state index in [0.29, 0.717) is 5.82 Å². The average Bonchev–Trinajstić information content (AvgIpc) is 2.69. The van der Waals surface area contributed by atoms with Gasteiger partial charge in [-0.25, -0.2) is 9.97 Å². The van der Waals surface area contributed by atoms with Gasteiger partial charge in [0.15, 0.2) is 5.82 Å². The number of hydrogen-bond donors (Lipinski definition) is 2. The van der Waals surface area contributed by atoms with Gasteiger partial charge in [-0.2, -0.15) is 0 Å². The van der Waals surface area contributed by atoms with E-state index in [1.54, 1.807) is 19.5 Å². The molecule has 132 valence electrons. The number of nitrogens with two attached hydrogens (primary N) is 1. The fourth-order valence-electron chi connectivity index (χ4n) is 3.18. The summed E-state index contributed by atoms with van der Waals surface area (Å²) in [6.45, 7) is 0. The third kappa shape index (κ3) is 3.36. The van der Waals surface area contributed by atoms with Crippen LogP contribution in [0.4, 0.5) is 11.5 Å². The van der Waals surface area contributed by atoms with Gasteiger partial charge in [0.05, 0.1) is 7.11 Å². The zero-order valence-electron chi connectivity index (χ0n) is 14.6. The predicted molar refractivity (Wildman–Crippen MR) is 102 cm³/mol. The summed E-state index contributed by atoms with van der Waals surface area (Å²) < 4.78 is 5.23. The Hall–Kier alpha value is -2.99. The second-order valence-corrected chi connectivity index (χ2v) is 6.41. The molecule has 0 fully saturated rings. The molecular weight excluding hydrogens is 326 g/mol. The van der Waals surface area contributed by atoms with Crippen molar-refractivity contribution >= 4 is 11.5 Å². The maximum absolute atomic E-state index is 6.19. The molecule has 0 saturated heterocycles. The summed E-state index contributed by atoms with van der Waals surface area (Å²) in [5.74, 6) is 2.35. The Morgan fingerprint density at radius 3 is 2.58 bits per heavy atom. The molecule has 0 aliphatic heterocycles. The van der Waals surface area contributed by atoms with Crippen molar-refractivity contribution in [3.05, 3.63) is 60.0 Å². The van der Waals surface area contributed by atoms with E-state index >= 15 is 0 Å². The third-order valence-corrected chi connectivity index (χ3v) is 4.60. The number of fused-ring (bicyclic) bond motifs is 1. The molecule has 1 aliphatic rings. The second kappa shape index (κ2) is 7.09. The first-order chi connectivity index (χ1) is 12.7. The highest BCUT2D eigenvalue weighted by molar-refractivity contribution is 5.65. The zero-order valence-corrected chi connectivity index (χ0v) is 14.6. The Kier molecular flexibility index (Phi) is 4.50.